The van der Waals surface area contributed by atoms with E-state index in [0.29, 0.717) is 77.0 Å². The predicted molar refractivity (Wildman–Crippen MR) is 124 cm³/mol. The molecule has 2 N–H and O–H groups in total. The van der Waals surface area contributed by atoms with Crippen LogP contribution in [0.15, 0.2) is 0 Å². The number of nitriles is 2. The molecule has 0 unspecified atom stereocenters. The minimum absolute atomic E-state index is 0.0526. The molecule has 0 atom stereocenters. The van der Waals surface area contributed by atoms with E-state index in [1.54, 1.807) is 0 Å². The molecule has 0 rings (SSSR count). The van der Waals surface area contributed by atoms with E-state index < -0.39 is 24.1 Å². The fourth-order valence-electron chi connectivity index (χ4n) is 3.39. The fourth-order valence-corrected chi connectivity index (χ4v) is 7.90. The van der Waals surface area contributed by atoms with Gasteiger partial charge in [0.1, 0.15) is 0 Å². The van der Waals surface area contributed by atoms with Crippen molar-refractivity contribution in [1.82, 2.24) is 9.44 Å². The van der Waals surface area contributed by atoms with Crippen LogP contribution < -0.4 is 9.44 Å². The van der Waals surface area contributed by atoms with Gasteiger partial charge in [-0.2, -0.15) is 10.5 Å². The standard InChI is InChI=1S/C21H40N4O4S2/c1-3-5-15-21(16-6-4-2,30(26,27)24-19-13-9-7-11-17-22)31(28,29)25-20-14-10-8-12-18-23/h24-25H,3-16,19-20H2,1-2H3. The van der Waals surface area contributed by atoms with E-state index in [1.807, 2.05) is 13.8 Å². The minimum Gasteiger partial charge on any atom is -0.214 e. The maximum atomic E-state index is 13.4. The summed E-state index contributed by atoms with van der Waals surface area (Å²) in [5.41, 5.74) is 0. The Balaban J connectivity index is 5.49. The van der Waals surface area contributed by atoms with Crippen LogP contribution in [0.3, 0.4) is 0 Å². The summed E-state index contributed by atoms with van der Waals surface area (Å²) in [7, 11) is -8.28. The molecule has 0 aromatic heterocycles. The highest BCUT2D eigenvalue weighted by molar-refractivity contribution is 8.08. The number of rotatable bonds is 20. The van der Waals surface area contributed by atoms with Gasteiger partial charge in [-0.15, -0.1) is 0 Å². The topological polar surface area (TPSA) is 140 Å². The predicted octanol–water partition coefficient (Wildman–Crippen LogP) is 4.07. The first-order chi connectivity index (χ1) is 14.7. The van der Waals surface area contributed by atoms with E-state index in [-0.39, 0.29) is 25.9 Å². The van der Waals surface area contributed by atoms with Gasteiger partial charge in [-0.3, -0.25) is 0 Å². The van der Waals surface area contributed by atoms with Crippen molar-refractivity contribution in [3.63, 3.8) is 0 Å². The average molecular weight is 477 g/mol. The lowest BCUT2D eigenvalue weighted by Crippen LogP contribution is -2.56. The third kappa shape index (κ3) is 10.3. The maximum Gasteiger partial charge on any atom is 0.233 e. The number of unbranched alkanes of at least 4 members (excludes halogenated alkanes) is 8. The first-order valence-corrected chi connectivity index (χ1v) is 14.4. The Bertz CT molecular complexity index is 702. The van der Waals surface area contributed by atoms with Crippen LogP contribution in [0.2, 0.25) is 0 Å². The van der Waals surface area contributed by atoms with E-state index in [1.165, 1.54) is 0 Å². The van der Waals surface area contributed by atoms with Gasteiger partial charge in [0, 0.05) is 25.9 Å². The highest BCUT2D eigenvalue weighted by Gasteiger charge is 2.53. The molecule has 0 heterocycles. The first-order valence-electron chi connectivity index (χ1n) is 11.5. The maximum absolute atomic E-state index is 13.4. The van der Waals surface area contributed by atoms with E-state index in [0.717, 1.165) is 0 Å². The number of nitrogens with one attached hydrogen (secondary N) is 2. The Hall–Kier alpha value is -1.20. The summed E-state index contributed by atoms with van der Waals surface area (Å²) in [6.07, 6.45) is 7.27. The van der Waals surface area contributed by atoms with Crippen LogP contribution in [-0.2, 0) is 20.0 Å². The summed E-state index contributed by atoms with van der Waals surface area (Å²) in [5.74, 6) is 0. The summed E-state index contributed by atoms with van der Waals surface area (Å²) in [6, 6.07) is 4.12. The number of nitrogens with zero attached hydrogens (tertiary/aromatic N) is 2. The van der Waals surface area contributed by atoms with Gasteiger partial charge in [0.05, 0.1) is 12.1 Å². The first kappa shape index (κ1) is 29.8. The second-order valence-electron chi connectivity index (χ2n) is 7.85. The molecule has 0 saturated heterocycles. The Kier molecular flexibility index (Phi) is 15.8. The lowest BCUT2D eigenvalue weighted by molar-refractivity contribution is 0.471. The van der Waals surface area contributed by atoms with Gasteiger partial charge in [0.15, 0.2) is 0 Å². The van der Waals surface area contributed by atoms with Gasteiger partial charge in [0.25, 0.3) is 0 Å². The van der Waals surface area contributed by atoms with Crippen LogP contribution in [0.1, 0.15) is 104 Å². The van der Waals surface area contributed by atoms with Crippen LogP contribution in [0, 0.1) is 22.7 Å². The zero-order chi connectivity index (χ0) is 23.6. The summed E-state index contributed by atoms with van der Waals surface area (Å²) in [5, 5.41) is 17.2. The normalized spacial score (nSPS) is 12.4. The van der Waals surface area contributed by atoms with Gasteiger partial charge in [-0.1, -0.05) is 52.4 Å². The van der Waals surface area contributed by atoms with Gasteiger partial charge in [-0.25, -0.2) is 26.3 Å². The highest BCUT2D eigenvalue weighted by Crippen LogP contribution is 2.35. The van der Waals surface area contributed by atoms with Crippen LogP contribution in [0.5, 0.6) is 0 Å². The summed E-state index contributed by atoms with van der Waals surface area (Å²) in [4.78, 5) is 0. The smallest absolute Gasteiger partial charge is 0.214 e. The van der Waals surface area contributed by atoms with Crippen LogP contribution in [0.25, 0.3) is 0 Å². The average Bonchev–Trinajstić information content (AvgIpc) is 2.73. The monoisotopic (exact) mass is 476 g/mol. The van der Waals surface area contributed by atoms with Gasteiger partial charge >= 0.3 is 0 Å². The molecule has 10 heteroatoms. The van der Waals surface area contributed by atoms with Crippen LogP contribution in [-0.4, -0.2) is 34.0 Å². The van der Waals surface area contributed by atoms with Crippen molar-refractivity contribution in [2.24, 2.45) is 0 Å². The van der Waals surface area contributed by atoms with Crippen molar-refractivity contribution in [3.8, 4) is 12.1 Å². The zero-order valence-electron chi connectivity index (χ0n) is 19.2. The Morgan fingerprint density at radius 1 is 0.645 bits per heavy atom. The Labute approximate surface area is 189 Å². The summed E-state index contributed by atoms with van der Waals surface area (Å²) < 4.78 is 56.6. The van der Waals surface area contributed by atoms with Crippen molar-refractivity contribution in [2.75, 3.05) is 13.1 Å². The minimum atomic E-state index is -4.14. The molecule has 180 valence electrons. The molecule has 0 saturated carbocycles. The van der Waals surface area contributed by atoms with Crippen molar-refractivity contribution in [3.05, 3.63) is 0 Å². The molecule has 0 radical (unpaired) electrons. The second kappa shape index (κ2) is 16.4. The second-order valence-corrected chi connectivity index (χ2v) is 12.3. The largest absolute Gasteiger partial charge is 0.233 e. The van der Waals surface area contributed by atoms with Crippen molar-refractivity contribution in [2.45, 2.75) is 108 Å². The molecule has 0 aliphatic rings. The zero-order valence-corrected chi connectivity index (χ0v) is 20.8. The molecule has 0 fully saturated rings. The number of hydrogen-bond acceptors (Lipinski definition) is 6. The molecule has 0 amide bonds. The molecule has 0 aromatic rings. The molecule has 0 aliphatic heterocycles. The SMILES string of the molecule is CCCCC(CCCC)(S(=O)(=O)NCCCCCC#N)S(=O)(=O)NCCCCCC#N. The molecule has 31 heavy (non-hydrogen) atoms. The Morgan fingerprint density at radius 2 is 1.03 bits per heavy atom. The molecule has 0 aromatic carbocycles. The lowest BCUT2D eigenvalue weighted by atomic mass is 10.1. The van der Waals surface area contributed by atoms with Gasteiger partial charge < -0.3 is 0 Å². The summed E-state index contributed by atoms with van der Waals surface area (Å²) >= 11 is 0. The molecule has 0 bridgehead atoms. The molecular formula is C21H40N4O4S2. The molecular weight excluding hydrogens is 436 g/mol. The fraction of sp³-hybridized carbons (Fsp3) is 0.905. The quantitative estimate of drug-likeness (QED) is 0.254. The van der Waals surface area contributed by atoms with Crippen LogP contribution in [0.4, 0.5) is 0 Å². The summed E-state index contributed by atoms with van der Waals surface area (Å²) in [6.45, 7) is 4.15. The van der Waals surface area contributed by atoms with Gasteiger partial charge in [0.2, 0.25) is 24.1 Å². The third-order valence-electron chi connectivity index (χ3n) is 5.32. The van der Waals surface area contributed by atoms with Crippen molar-refractivity contribution >= 4 is 20.0 Å². The van der Waals surface area contributed by atoms with E-state index in [2.05, 4.69) is 21.6 Å². The molecule has 8 nitrogen and oxygen atoms in total. The number of hydrogen-bond donors (Lipinski definition) is 2. The van der Waals surface area contributed by atoms with E-state index in [9.17, 15) is 16.8 Å². The molecule has 0 spiro atoms. The highest BCUT2D eigenvalue weighted by atomic mass is 32.3. The molecule has 0 aliphatic carbocycles. The van der Waals surface area contributed by atoms with Crippen molar-refractivity contribution in [1.29, 1.82) is 10.5 Å². The van der Waals surface area contributed by atoms with E-state index in [4.69, 9.17) is 10.5 Å². The van der Waals surface area contributed by atoms with Gasteiger partial charge in [-0.05, 0) is 38.5 Å². The Morgan fingerprint density at radius 3 is 1.35 bits per heavy atom. The number of sulfonamides is 2. The van der Waals surface area contributed by atoms with Crippen LogP contribution >= 0.6 is 0 Å². The van der Waals surface area contributed by atoms with E-state index >= 15 is 0 Å². The van der Waals surface area contributed by atoms with Crippen molar-refractivity contribution < 1.29 is 16.8 Å². The lowest BCUT2D eigenvalue weighted by Gasteiger charge is -2.33. The third-order valence-corrected chi connectivity index (χ3v) is 10.6.